The van der Waals surface area contributed by atoms with Gasteiger partial charge >= 0.3 is 5.97 Å². The molecule has 9 heteroatoms. The van der Waals surface area contributed by atoms with Gasteiger partial charge in [0.25, 0.3) is 0 Å². The number of hydrogen-bond donors (Lipinski definition) is 2. The minimum absolute atomic E-state index is 0. The van der Waals surface area contributed by atoms with Gasteiger partial charge in [-0.2, -0.15) is 0 Å². The molecule has 1 rings (SSSR count). The SMILES string of the molecule is CCNCCNS(=O)(=O)c1csc(C(=O)OC)c1.Cl. The second kappa shape index (κ2) is 8.49. The normalized spacial score (nSPS) is 10.8. The summed E-state index contributed by atoms with van der Waals surface area (Å²) in [6.07, 6.45) is 0. The number of sulfonamides is 1. The van der Waals surface area contributed by atoms with Gasteiger partial charge in [0.2, 0.25) is 10.0 Å². The highest BCUT2D eigenvalue weighted by Gasteiger charge is 2.18. The first-order valence-electron chi connectivity index (χ1n) is 5.38. The Hall–Kier alpha value is -0.670. The van der Waals surface area contributed by atoms with Gasteiger partial charge in [-0.05, 0) is 12.6 Å². The van der Waals surface area contributed by atoms with Crippen LogP contribution in [0.25, 0.3) is 0 Å². The molecule has 0 aliphatic heterocycles. The summed E-state index contributed by atoms with van der Waals surface area (Å²) < 4.78 is 30.6. The smallest absolute Gasteiger partial charge is 0.348 e. The molecule has 2 N–H and O–H groups in total. The summed E-state index contributed by atoms with van der Waals surface area (Å²) in [6.45, 7) is 3.59. The Labute approximate surface area is 123 Å². The highest BCUT2D eigenvalue weighted by atomic mass is 35.5. The summed E-state index contributed by atoms with van der Waals surface area (Å²) in [4.78, 5) is 11.6. The van der Waals surface area contributed by atoms with Gasteiger partial charge in [-0.15, -0.1) is 23.7 Å². The van der Waals surface area contributed by atoms with Gasteiger partial charge in [0.05, 0.1) is 12.0 Å². The van der Waals surface area contributed by atoms with Gasteiger partial charge in [-0.3, -0.25) is 0 Å². The first-order valence-corrected chi connectivity index (χ1v) is 7.74. The molecule has 0 aliphatic rings. The summed E-state index contributed by atoms with van der Waals surface area (Å²) in [5.41, 5.74) is 0. The minimum atomic E-state index is -3.55. The van der Waals surface area contributed by atoms with Crippen LogP contribution < -0.4 is 10.0 Å². The average molecular weight is 329 g/mol. The number of halogens is 1. The molecule has 1 heterocycles. The number of rotatable bonds is 7. The fourth-order valence-electron chi connectivity index (χ4n) is 1.20. The molecule has 0 spiro atoms. The summed E-state index contributed by atoms with van der Waals surface area (Å²) in [6, 6.07) is 1.31. The Bertz CT molecular complexity index is 501. The van der Waals surface area contributed by atoms with Gasteiger partial charge in [0.1, 0.15) is 4.88 Å². The van der Waals surface area contributed by atoms with Gasteiger partial charge in [0.15, 0.2) is 0 Å². The van der Waals surface area contributed by atoms with Crippen LogP contribution in [0.1, 0.15) is 16.6 Å². The first-order chi connectivity index (χ1) is 8.51. The van der Waals surface area contributed by atoms with Gasteiger partial charge in [0, 0.05) is 18.5 Å². The largest absolute Gasteiger partial charge is 0.465 e. The van der Waals surface area contributed by atoms with Crippen molar-refractivity contribution in [3.63, 3.8) is 0 Å². The molecule has 0 unspecified atom stereocenters. The molecule has 0 bridgehead atoms. The fourth-order valence-corrected chi connectivity index (χ4v) is 3.42. The first kappa shape index (κ1) is 18.3. The van der Waals surface area contributed by atoms with Crippen LogP contribution in [0.3, 0.4) is 0 Å². The molecule has 0 amide bonds. The van der Waals surface area contributed by atoms with Crippen molar-refractivity contribution in [2.24, 2.45) is 0 Å². The molecule has 0 radical (unpaired) electrons. The van der Waals surface area contributed by atoms with Crippen LogP contribution in [0.4, 0.5) is 0 Å². The minimum Gasteiger partial charge on any atom is -0.465 e. The Kier molecular flexibility index (Phi) is 8.19. The molecular weight excluding hydrogens is 312 g/mol. The highest BCUT2D eigenvalue weighted by Crippen LogP contribution is 2.19. The number of esters is 1. The molecular formula is C10H17ClN2O4S2. The van der Waals surface area contributed by atoms with E-state index in [2.05, 4.69) is 14.8 Å². The van der Waals surface area contributed by atoms with Crippen LogP contribution in [0.5, 0.6) is 0 Å². The molecule has 0 atom stereocenters. The molecule has 1 aromatic rings. The van der Waals surface area contributed by atoms with Crippen molar-refractivity contribution in [3.05, 3.63) is 16.3 Å². The molecule has 0 aromatic carbocycles. The van der Waals surface area contributed by atoms with E-state index in [1.54, 1.807) is 0 Å². The lowest BCUT2D eigenvalue weighted by Gasteiger charge is -2.04. The van der Waals surface area contributed by atoms with E-state index in [4.69, 9.17) is 0 Å². The predicted octanol–water partition coefficient (Wildman–Crippen LogP) is 0.844. The van der Waals surface area contributed by atoms with Crippen LogP contribution in [0.2, 0.25) is 0 Å². The van der Waals surface area contributed by atoms with Crippen molar-refractivity contribution in [2.45, 2.75) is 11.8 Å². The number of nitrogens with one attached hydrogen (secondary N) is 2. The number of thiophene rings is 1. The summed E-state index contributed by atoms with van der Waals surface area (Å²) in [5.74, 6) is -0.533. The van der Waals surface area contributed by atoms with Crippen molar-refractivity contribution in [2.75, 3.05) is 26.7 Å². The molecule has 0 saturated heterocycles. The third-order valence-electron chi connectivity index (χ3n) is 2.12. The topological polar surface area (TPSA) is 84.5 Å². The van der Waals surface area contributed by atoms with E-state index < -0.39 is 16.0 Å². The van der Waals surface area contributed by atoms with Crippen LogP contribution in [-0.2, 0) is 14.8 Å². The second-order valence-corrected chi connectivity index (χ2v) is 6.07. The van der Waals surface area contributed by atoms with Crippen LogP contribution in [0, 0.1) is 0 Å². The van der Waals surface area contributed by atoms with Crippen LogP contribution in [0.15, 0.2) is 16.3 Å². The van der Waals surface area contributed by atoms with E-state index in [0.717, 1.165) is 17.9 Å². The molecule has 0 aliphatic carbocycles. The molecule has 0 saturated carbocycles. The maximum atomic E-state index is 11.8. The monoisotopic (exact) mass is 328 g/mol. The lowest BCUT2D eigenvalue weighted by Crippen LogP contribution is -2.31. The number of methoxy groups -OCH3 is 1. The fraction of sp³-hybridized carbons (Fsp3) is 0.500. The van der Waals surface area contributed by atoms with Crippen LogP contribution in [-0.4, -0.2) is 41.1 Å². The number of carbonyl (C=O) groups is 1. The lowest BCUT2D eigenvalue weighted by atomic mass is 10.5. The van der Waals surface area contributed by atoms with E-state index in [1.807, 2.05) is 6.92 Å². The quantitative estimate of drug-likeness (QED) is 0.572. The van der Waals surface area contributed by atoms with E-state index in [1.165, 1.54) is 18.6 Å². The molecule has 1 aromatic heterocycles. The number of hydrogen-bond acceptors (Lipinski definition) is 6. The average Bonchev–Trinajstić information content (AvgIpc) is 2.84. The van der Waals surface area contributed by atoms with Crippen molar-refractivity contribution in [1.29, 1.82) is 0 Å². The van der Waals surface area contributed by atoms with Crippen molar-refractivity contribution in [3.8, 4) is 0 Å². The second-order valence-electron chi connectivity index (χ2n) is 3.39. The Morgan fingerprint density at radius 1 is 1.42 bits per heavy atom. The zero-order chi connectivity index (χ0) is 13.6. The van der Waals surface area contributed by atoms with Crippen molar-refractivity contribution in [1.82, 2.24) is 10.0 Å². The van der Waals surface area contributed by atoms with E-state index in [0.29, 0.717) is 13.1 Å². The van der Waals surface area contributed by atoms with E-state index in [9.17, 15) is 13.2 Å². The Morgan fingerprint density at radius 2 is 2.11 bits per heavy atom. The summed E-state index contributed by atoms with van der Waals surface area (Å²) >= 11 is 1.04. The lowest BCUT2D eigenvalue weighted by molar-refractivity contribution is 0.0606. The standard InChI is InChI=1S/C10H16N2O4S2.ClH/c1-3-11-4-5-12-18(14,15)8-6-9(17-7-8)10(13)16-2;/h6-7,11-12H,3-5H2,1-2H3;1H. The summed E-state index contributed by atoms with van der Waals surface area (Å²) in [5, 5.41) is 4.42. The van der Waals surface area contributed by atoms with Crippen molar-refractivity contribution >= 4 is 39.7 Å². The zero-order valence-corrected chi connectivity index (χ0v) is 13.1. The number of carbonyl (C=O) groups excluding carboxylic acids is 1. The third kappa shape index (κ3) is 5.45. The molecule has 0 fully saturated rings. The van der Waals surface area contributed by atoms with Gasteiger partial charge < -0.3 is 10.1 Å². The number of ether oxygens (including phenoxy) is 1. The van der Waals surface area contributed by atoms with E-state index >= 15 is 0 Å². The predicted molar refractivity (Wildman–Crippen MR) is 76.6 cm³/mol. The maximum absolute atomic E-state index is 11.8. The maximum Gasteiger partial charge on any atom is 0.348 e. The van der Waals surface area contributed by atoms with Crippen LogP contribution >= 0.6 is 23.7 Å². The number of likely N-dealkylation sites (N-methyl/N-ethyl adjacent to an activating group) is 1. The zero-order valence-electron chi connectivity index (χ0n) is 10.6. The molecule has 19 heavy (non-hydrogen) atoms. The van der Waals surface area contributed by atoms with Crippen molar-refractivity contribution < 1.29 is 17.9 Å². The Balaban J connectivity index is 0.00000324. The van der Waals surface area contributed by atoms with Gasteiger partial charge in [-0.25, -0.2) is 17.9 Å². The highest BCUT2D eigenvalue weighted by molar-refractivity contribution is 7.89. The summed E-state index contributed by atoms with van der Waals surface area (Å²) in [7, 11) is -2.29. The molecule has 110 valence electrons. The van der Waals surface area contributed by atoms with E-state index in [-0.39, 0.29) is 22.2 Å². The molecule has 6 nitrogen and oxygen atoms in total. The van der Waals surface area contributed by atoms with Gasteiger partial charge in [-0.1, -0.05) is 6.92 Å². The Morgan fingerprint density at radius 3 is 2.68 bits per heavy atom. The third-order valence-corrected chi connectivity index (χ3v) is 4.62.